The van der Waals surface area contributed by atoms with Gasteiger partial charge in [-0.2, -0.15) is 5.10 Å². The van der Waals surface area contributed by atoms with Crippen molar-refractivity contribution in [2.75, 3.05) is 19.9 Å². The van der Waals surface area contributed by atoms with Crippen LogP contribution in [0.3, 0.4) is 0 Å². The van der Waals surface area contributed by atoms with Crippen LogP contribution in [0, 0.1) is 0 Å². The van der Waals surface area contributed by atoms with E-state index in [1.807, 2.05) is 11.8 Å². The van der Waals surface area contributed by atoms with Crippen LogP contribution in [0.5, 0.6) is 11.5 Å². The van der Waals surface area contributed by atoms with Crippen LogP contribution in [0.2, 0.25) is 0 Å². The van der Waals surface area contributed by atoms with E-state index < -0.39 is 0 Å². The fraction of sp³-hybridized carbons (Fsp3) is 0.471. The first kappa shape index (κ1) is 15.0. The number of amides is 1. The predicted molar refractivity (Wildman–Crippen MR) is 86.2 cm³/mol. The maximum Gasteiger partial charge on any atom is 0.254 e. The molecule has 2 aliphatic heterocycles. The standard InChI is InChI=1S/C17H20N4O3/c1-2-15-18-16(20-19-15)12-4-3-7-21(9-12)17(22)11-5-6-13-14(8-11)24-10-23-13/h5-6,8,12H,2-4,7,9-10H2,1H3,(H,18,19,20). The monoisotopic (exact) mass is 328 g/mol. The third kappa shape index (κ3) is 2.70. The van der Waals surface area contributed by atoms with Gasteiger partial charge in [-0.25, -0.2) is 4.98 Å². The lowest BCUT2D eigenvalue weighted by Gasteiger charge is -2.31. The molecule has 0 bridgehead atoms. The highest BCUT2D eigenvalue weighted by molar-refractivity contribution is 5.95. The number of benzene rings is 1. The van der Waals surface area contributed by atoms with Crippen LogP contribution < -0.4 is 9.47 Å². The van der Waals surface area contributed by atoms with E-state index in [-0.39, 0.29) is 18.6 Å². The number of likely N-dealkylation sites (tertiary alicyclic amines) is 1. The molecule has 7 heteroatoms. The van der Waals surface area contributed by atoms with Gasteiger partial charge in [0.05, 0.1) is 0 Å². The lowest BCUT2D eigenvalue weighted by molar-refractivity contribution is 0.0704. The molecule has 1 N–H and O–H groups in total. The van der Waals surface area contributed by atoms with Crippen molar-refractivity contribution in [1.29, 1.82) is 0 Å². The smallest absolute Gasteiger partial charge is 0.254 e. The van der Waals surface area contributed by atoms with Gasteiger partial charge in [0.2, 0.25) is 6.79 Å². The second-order valence-corrected chi connectivity index (χ2v) is 6.15. The maximum absolute atomic E-state index is 12.8. The van der Waals surface area contributed by atoms with E-state index in [1.54, 1.807) is 18.2 Å². The van der Waals surface area contributed by atoms with E-state index in [4.69, 9.17) is 9.47 Å². The first-order valence-electron chi connectivity index (χ1n) is 8.34. The second kappa shape index (κ2) is 6.14. The summed E-state index contributed by atoms with van der Waals surface area (Å²) in [5.41, 5.74) is 0.629. The fourth-order valence-corrected chi connectivity index (χ4v) is 3.24. The number of ether oxygens (including phenoxy) is 2. The quantitative estimate of drug-likeness (QED) is 0.933. The Hall–Kier alpha value is -2.57. The van der Waals surface area contributed by atoms with Crippen molar-refractivity contribution in [1.82, 2.24) is 20.1 Å². The molecule has 1 unspecified atom stereocenters. The Bertz CT molecular complexity index is 758. The number of nitrogens with zero attached hydrogens (tertiary/aromatic N) is 3. The third-order valence-corrected chi connectivity index (χ3v) is 4.58. The number of carbonyl (C=O) groups excluding carboxylic acids is 1. The van der Waals surface area contributed by atoms with E-state index in [2.05, 4.69) is 15.2 Å². The lowest BCUT2D eigenvalue weighted by Crippen LogP contribution is -2.39. The van der Waals surface area contributed by atoms with Crippen LogP contribution in [0.15, 0.2) is 18.2 Å². The number of rotatable bonds is 3. The van der Waals surface area contributed by atoms with Gasteiger partial charge in [0.25, 0.3) is 5.91 Å². The van der Waals surface area contributed by atoms with Crippen molar-refractivity contribution < 1.29 is 14.3 Å². The molecule has 0 spiro atoms. The molecule has 4 rings (SSSR count). The van der Waals surface area contributed by atoms with Crippen LogP contribution in [0.4, 0.5) is 0 Å². The average molecular weight is 328 g/mol. The van der Waals surface area contributed by atoms with Gasteiger partial charge < -0.3 is 14.4 Å². The number of fused-ring (bicyclic) bond motifs is 1. The van der Waals surface area contributed by atoms with E-state index >= 15 is 0 Å². The van der Waals surface area contributed by atoms with Gasteiger partial charge in [-0.3, -0.25) is 9.89 Å². The molecule has 0 saturated carbocycles. The van der Waals surface area contributed by atoms with E-state index in [9.17, 15) is 4.79 Å². The number of aromatic nitrogens is 3. The number of aryl methyl sites for hydroxylation is 1. The minimum Gasteiger partial charge on any atom is -0.454 e. The summed E-state index contributed by atoms with van der Waals surface area (Å²) in [6.45, 7) is 3.66. The van der Waals surface area contributed by atoms with Crippen molar-refractivity contribution in [3.05, 3.63) is 35.4 Å². The van der Waals surface area contributed by atoms with Crippen molar-refractivity contribution in [3.8, 4) is 11.5 Å². The molecule has 2 aliphatic rings. The van der Waals surface area contributed by atoms with Crippen molar-refractivity contribution in [3.63, 3.8) is 0 Å². The number of hydrogen-bond donors (Lipinski definition) is 1. The summed E-state index contributed by atoms with van der Waals surface area (Å²) in [4.78, 5) is 19.2. The van der Waals surface area contributed by atoms with Gasteiger partial charge in [-0.1, -0.05) is 6.92 Å². The molecule has 126 valence electrons. The molecule has 1 aromatic carbocycles. The van der Waals surface area contributed by atoms with Gasteiger partial charge in [-0.15, -0.1) is 0 Å². The van der Waals surface area contributed by atoms with Crippen molar-refractivity contribution in [2.45, 2.75) is 32.1 Å². The molecular formula is C17H20N4O3. The Morgan fingerprint density at radius 1 is 1.38 bits per heavy atom. The highest BCUT2D eigenvalue weighted by Gasteiger charge is 2.28. The summed E-state index contributed by atoms with van der Waals surface area (Å²) < 4.78 is 10.7. The summed E-state index contributed by atoms with van der Waals surface area (Å²) in [5.74, 6) is 3.24. The number of carbonyl (C=O) groups is 1. The molecule has 1 amide bonds. The first-order chi connectivity index (χ1) is 11.7. The Morgan fingerprint density at radius 3 is 3.08 bits per heavy atom. The SMILES string of the molecule is CCc1nc(C2CCCN(C(=O)c3ccc4c(c3)OCO4)C2)n[nH]1. The van der Waals surface area contributed by atoms with Crippen LogP contribution in [-0.4, -0.2) is 45.9 Å². The van der Waals surface area contributed by atoms with E-state index in [1.165, 1.54) is 0 Å². The highest BCUT2D eigenvalue weighted by atomic mass is 16.7. The Balaban J connectivity index is 1.50. The normalized spacial score (nSPS) is 19.5. The maximum atomic E-state index is 12.8. The lowest BCUT2D eigenvalue weighted by atomic mass is 9.96. The van der Waals surface area contributed by atoms with E-state index in [0.717, 1.165) is 37.5 Å². The summed E-state index contributed by atoms with van der Waals surface area (Å²) in [7, 11) is 0. The number of aromatic amines is 1. The summed E-state index contributed by atoms with van der Waals surface area (Å²) >= 11 is 0. The highest BCUT2D eigenvalue weighted by Crippen LogP contribution is 2.33. The second-order valence-electron chi connectivity index (χ2n) is 6.15. The topological polar surface area (TPSA) is 80.3 Å². The van der Waals surface area contributed by atoms with Crippen LogP contribution in [-0.2, 0) is 6.42 Å². The molecule has 3 heterocycles. The zero-order chi connectivity index (χ0) is 16.5. The minimum absolute atomic E-state index is 0.0178. The van der Waals surface area contributed by atoms with Crippen molar-refractivity contribution in [2.24, 2.45) is 0 Å². The largest absolute Gasteiger partial charge is 0.454 e. The van der Waals surface area contributed by atoms with Gasteiger partial charge in [0, 0.05) is 31.0 Å². The molecular weight excluding hydrogens is 308 g/mol. The molecule has 1 fully saturated rings. The molecule has 24 heavy (non-hydrogen) atoms. The molecule has 1 aromatic heterocycles. The zero-order valence-electron chi connectivity index (χ0n) is 13.6. The first-order valence-corrected chi connectivity index (χ1v) is 8.34. The Labute approximate surface area is 140 Å². The van der Waals surface area contributed by atoms with Crippen molar-refractivity contribution >= 4 is 5.91 Å². The minimum atomic E-state index is 0.0178. The van der Waals surface area contributed by atoms with Crippen LogP contribution >= 0.6 is 0 Å². The van der Waals surface area contributed by atoms with Gasteiger partial charge in [0.15, 0.2) is 17.3 Å². The summed E-state index contributed by atoms with van der Waals surface area (Å²) in [5, 5.41) is 7.28. The zero-order valence-corrected chi connectivity index (χ0v) is 13.6. The molecule has 2 aromatic rings. The number of nitrogens with one attached hydrogen (secondary N) is 1. The molecule has 1 saturated heterocycles. The Morgan fingerprint density at radius 2 is 2.25 bits per heavy atom. The summed E-state index contributed by atoms with van der Waals surface area (Å²) in [6, 6.07) is 5.34. The third-order valence-electron chi connectivity index (χ3n) is 4.58. The molecule has 7 nitrogen and oxygen atoms in total. The van der Waals surface area contributed by atoms with Gasteiger partial charge in [-0.05, 0) is 31.0 Å². The predicted octanol–water partition coefficient (Wildman–Crippen LogP) is 2.12. The van der Waals surface area contributed by atoms with Crippen LogP contribution in [0.25, 0.3) is 0 Å². The molecule has 0 radical (unpaired) electrons. The Kier molecular flexibility index (Phi) is 3.84. The summed E-state index contributed by atoms with van der Waals surface area (Å²) in [6.07, 6.45) is 2.79. The van der Waals surface area contributed by atoms with Gasteiger partial charge >= 0.3 is 0 Å². The number of hydrogen-bond acceptors (Lipinski definition) is 5. The molecule has 0 aliphatic carbocycles. The number of H-pyrrole nitrogens is 1. The fourth-order valence-electron chi connectivity index (χ4n) is 3.24. The van der Waals surface area contributed by atoms with E-state index in [0.29, 0.717) is 23.6 Å². The molecule has 1 atom stereocenters. The van der Waals surface area contributed by atoms with Crippen LogP contribution in [0.1, 0.15) is 47.7 Å². The average Bonchev–Trinajstić information content (AvgIpc) is 3.29. The number of piperidine rings is 1. The van der Waals surface area contributed by atoms with Gasteiger partial charge in [0.1, 0.15) is 5.82 Å².